The minimum atomic E-state index is 0.190. The molecular formula is C12H19NO2. The fourth-order valence-electron chi connectivity index (χ4n) is 3.03. The maximum absolute atomic E-state index is 11.8. The molecule has 1 aliphatic heterocycles. The lowest BCUT2D eigenvalue weighted by atomic mass is 9.68. The van der Waals surface area contributed by atoms with Crippen LogP contribution >= 0.6 is 0 Å². The van der Waals surface area contributed by atoms with Gasteiger partial charge in [0, 0.05) is 13.0 Å². The monoisotopic (exact) mass is 209 g/mol. The lowest BCUT2D eigenvalue weighted by Gasteiger charge is -2.43. The Balaban J connectivity index is 1.97. The van der Waals surface area contributed by atoms with E-state index in [-0.39, 0.29) is 12.5 Å². The Hall–Kier alpha value is -0.860. The van der Waals surface area contributed by atoms with Gasteiger partial charge in [-0.2, -0.15) is 0 Å². The number of likely N-dealkylation sites (tertiary alicyclic amines) is 1. The molecular weight excluding hydrogens is 190 g/mol. The van der Waals surface area contributed by atoms with E-state index in [1.165, 1.54) is 32.1 Å². The number of carbonyl (C=O) groups excluding carboxylic acids is 2. The Kier molecular flexibility index (Phi) is 3.08. The van der Waals surface area contributed by atoms with Gasteiger partial charge in [-0.05, 0) is 24.7 Å². The summed E-state index contributed by atoms with van der Waals surface area (Å²) in [5.41, 5.74) is 0.300. The zero-order chi connectivity index (χ0) is 10.7. The van der Waals surface area contributed by atoms with Gasteiger partial charge in [0.2, 0.25) is 5.91 Å². The van der Waals surface area contributed by atoms with Crippen molar-refractivity contribution >= 4 is 12.2 Å². The molecule has 0 aromatic rings. The maximum atomic E-state index is 11.8. The average Bonchev–Trinajstić information content (AvgIpc) is 2.24. The molecule has 3 heteroatoms. The Morgan fingerprint density at radius 3 is 2.53 bits per heavy atom. The number of amides is 1. The molecule has 0 aromatic carbocycles. The molecule has 1 amide bonds. The largest absolute Gasteiger partial charge is 0.336 e. The summed E-state index contributed by atoms with van der Waals surface area (Å²) in [6.45, 7) is 1.08. The summed E-state index contributed by atoms with van der Waals surface area (Å²) in [4.78, 5) is 23.9. The summed E-state index contributed by atoms with van der Waals surface area (Å²) in [6, 6.07) is 0. The van der Waals surface area contributed by atoms with Crippen LogP contribution in [0.15, 0.2) is 0 Å². The zero-order valence-electron chi connectivity index (χ0n) is 9.21. The quantitative estimate of drug-likeness (QED) is 0.650. The highest BCUT2D eigenvalue weighted by Gasteiger charge is 2.39. The van der Waals surface area contributed by atoms with Crippen molar-refractivity contribution in [1.29, 1.82) is 0 Å². The smallest absolute Gasteiger partial charge is 0.223 e. The Morgan fingerprint density at radius 1 is 1.20 bits per heavy atom. The van der Waals surface area contributed by atoms with Gasteiger partial charge < -0.3 is 9.69 Å². The molecule has 15 heavy (non-hydrogen) atoms. The predicted octanol–water partition coefficient (Wildman–Crippen LogP) is 1.76. The van der Waals surface area contributed by atoms with Gasteiger partial charge in [0.15, 0.2) is 0 Å². The minimum Gasteiger partial charge on any atom is -0.336 e. The second kappa shape index (κ2) is 4.33. The SMILES string of the molecule is O=CCN1CCC2(CCCCC2)CC1=O. The van der Waals surface area contributed by atoms with E-state index in [4.69, 9.17) is 0 Å². The van der Waals surface area contributed by atoms with Crippen LogP contribution in [0.2, 0.25) is 0 Å². The number of hydrogen-bond acceptors (Lipinski definition) is 2. The van der Waals surface area contributed by atoms with E-state index in [0.717, 1.165) is 19.3 Å². The summed E-state index contributed by atoms with van der Waals surface area (Å²) in [7, 11) is 0. The van der Waals surface area contributed by atoms with E-state index < -0.39 is 0 Å². The number of hydrogen-bond donors (Lipinski definition) is 0. The molecule has 84 valence electrons. The molecule has 0 aromatic heterocycles. The Bertz CT molecular complexity index is 256. The molecule has 1 heterocycles. The second-order valence-corrected chi connectivity index (χ2v) is 4.99. The third kappa shape index (κ3) is 2.21. The molecule has 0 atom stereocenters. The van der Waals surface area contributed by atoms with Gasteiger partial charge in [-0.25, -0.2) is 0 Å². The van der Waals surface area contributed by atoms with Crippen LogP contribution in [0.3, 0.4) is 0 Å². The van der Waals surface area contributed by atoms with Gasteiger partial charge in [0.1, 0.15) is 6.29 Å². The summed E-state index contributed by atoms with van der Waals surface area (Å²) in [5, 5.41) is 0. The first-order valence-electron chi connectivity index (χ1n) is 5.97. The first-order valence-corrected chi connectivity index (χ1v) is 5.97. The van der Waals surface area contributed by atoms with Crippen molar-refractivity contribution in [1.82, 2.24) is 4.90 Å². The van der Waals surface area contributed by atoms with E-state index in [1.54, 1.807) is 4.90 Å². The fraction of sp³-hybridized carbons (Fsp3) is 0.833. The maximum Gasteiger partial charge on any atom is 0.223 e. The summed E-state index contributed by atoms with van der Waals surface area (Å²) in [5.74, 6) is 0.190. The van der Waals surface area contributed by atoms with Crippen molar-refractivity contribution in [3.8, 4) is 0 Å². The number of nitrogens with zero attached hydrogens (tertiary/aromatic N) is 1. The van der Waals surface area contributed by atoms with Crippen molar-refractivity contribution in [2.24, 2.45) is 5.41 Å². The van der Waals surface area contributed by atoms with Gasteiger partial charge >= 0.3 is 0 Å². The molecule has 0 bridgehead atoms. The lowest BCUT2D eigenvalue weighted by molar-refractivity contribution is -0.140. The summed E-state index contributed by atoms with van der Waals surface area (Å²) in [6.07, 6.45) is 8.93. The van der Waals surface area contributed by atoms with Crippen molar-refractivity contribution in [3.63, 3.8) is 0 Å². The number of aldehydes is 1. The molecule has 0 unspecified atom stereocenters. The first-order chi connectivity index (χ1) is 7.26. The molecule has 1 spiro atoms. The number of rotatable bonds is 2. The standard InChI is InChI=1S/C12H19NO2/c14-9-8-13-7-6-12(10-11(13)15)4-2-1-3-5-12/h9H,1-8,10H2. The van der Waals surface area contributed by atoms with Crippen LogP contribution in [0.25, 0.3) is 0 Å². The second-order valence-electron chi connectivity index (χ2n) is 4.99. The van der Waals surface area contributed by atoms with Crippen LogP contribution in [0.4, 0.5) is 0 Å². The molecule has 2 rings (SSSR count). The first kappa shape index (κ1) is 10.7. The van der Waals surface area contributed by atoms with E-state index in [9.17, 15) is 9.59 Å². The minimum absolute atomic E-state index is 0.190. The van der Waals surface area contributed by atoms with Crippen LogP contribution in [0.1, 0.15) is 44.9 Å². The Labute approximate surface area is 90.8 Å². The number of piperidine rings is 1. The highest BCUT2D eigenvalue weighted by Crippen LogP contribution is 2.44. The normalized spacial score (nSPS) is 25.6. The van der Waals surface area contributed by atoms with Gasteiger partial charge in [-0.15, -0.1) is 0 Å². The van der Waals surface area contributed by atoms with Crippen LogP contribution in [0.5, 0.6) is 0 Å². The number of carbonyl (C=O) groups is 2. The lowest BCUT2D eigenvalue weighted by Crippen LogP contribution is -2.45. The van der Waals surface area contributed by atoms with E-state index in [2.05, 4.69) is 0 Å². The average molecular weight is 209 g/mol. The highest BCUT2D eigenvalue weighted by molar-refractivity contribution is 5.80. The third-order valence-electron chi connectivity index (χ3n) is 4.00. The van der Waals surface area contributed by atoms with E-state index >= 15 is 0 Å². The molecule has 2 fully saturated rings. The summed E-state index contributed by atoms with van der Waals surface area (Å²) >= 11 is 0. The van der Waals surface area contributed by atoms with Gasteiger partial charge in [-0.1, -0.05) is 19.3 Å². The van der Waals surface area contributed by atoms with Gasteiger partial charge in [0.05, 0.1) is 6.54 Å². The molecule has 1 saturated heterocycles. The van der Waals surface area contributed by atoms with Crippen molar-refractivity contribution < 1.29 is 9.59 Å². The molecule has 1 aliphatic carbocycles. The third-order valence-corrected chi connectivity index (χ3v) is 4.00. The van der Waals surface area contributed by atoms with E-state index in [1.807, 2.05) is 0 Å². The molecule has 1 saturated carbocycles. The Morgan fingerprint density at radius 2 is 1.93 bits per heavy atom. The van der Waals surface area contributed by atoms with Crippen LogP contribution in [-0.2, 0) is 9.59 Å². The molecule has 3 nitrogen and oxygen atoms in total. The zero-order valence-corrected chi connectivity index (χ0v) is 9.21. The molecule has 0 N–H and O–H groups in total. The fourth-order valence-corrected chi connectivity index (χ4v) is 3.03. The van der Waals surface area contributed by atoms with E-state index in [0.29, 0.717) is 11.8 Å². The van der Waals surface area contributed by atoms with Crippen molar-refractivity contribution in [2.45, 2.75) is 44.9 Å². The highest BCUT2D eigenvalue weighted by atomic mass is 16.2. The van der Waals surface area contributed by atoms with Crippen molar-refractivity contribution in [2.75, 3.05) is 13.1 Å². The van der Waals surface area contributed by atoms with Crippen LogP contribution < -0.4 is 0 Å². The van der Waals surface area contributed by atoms with Crippen LogP contribution in [-0.4, -0.2) is 30.2 Å². The van der Waals surface area contributed by atoms with Crippen LogP contribution in [0, 0.1) is 5.41 Å². The molecule has 0 radical (unpaired) electrons. The summed E-state index contributed by atoms with van der Waals surface area (Å²) < 4.78 is 0. The predicted molar refractivity (Wildman–Crippen MR) is 57.4 cm³/mol. The topological polar surface area (TPSA) is 37.4 Å². The molecule has 2 aliphatic rings. The van der Waals surface area contributed by atoms with Gasteiger partial charge in [-0.3, -0.25) is 4.79 Å². The van der Waals surface area contributed by atoms with Gasteiger partial charge in [0.25, 0.3) is 0 Å². The van der Waals surface area contributed by atoms with Crippen molar-refractivity contribution in [3.05, 3.63) is 0 Å².